The summed E-state index contributed by atoms with van der Waals surface area (Å²) in [7, 11) is 0. The number of benzene rings is 1. The van der Waals surface area contributed by atoms with Crippen LogP contribution in [0.3, 0.4) is 0 Å². The highest BCUT2D eigenvalue weighted by Gasteiger charge is 2.04. The van der Waals surface area contributed by atoms with Gasteiger partial charge in [-0.3, -0.25) is 0 Å². The van der Waals surface area contributed by atoms with Crippen LogP contribution in [0, 0.1) is 0 Å². The fourth-order valence-corrected chi connectivity index (χ4v) is 2.29. The molecule has 76 valence electrons. The lowest BCUT2D eigenvalue weighted by atomic mass is 10.1. The van der Waals surface area contributed by atoms with Crippen molar-refractivity contribution in [3.63, 3.8) is 0 Å². The Balaban J connectivity index is 2.76. The Labute approximate surface area is 93.6 Å². The molecule has 0 saturated heterocycles. The molecule has 0 aromatic heterocycles. The van der Waals surface area contributed by atoms with Gasteiger partial charge in [0.1, 0.15) is 0 Å². The largest absolute Gasteiger partial charge is 0.384 e. The number of thioether (sulfide) groups is 2. The quantitative estimate of drug-likeness (QED) is 0.850. The maximum atomic E-state index is 9.85. The first-order valence-corrected chi connectivity index (χ1v) is 6.75. The van der Waals surface area contributed by atoms with Crippen molar-refractivity contribution in [1.82, 2.24) is 0 Å². The summed E-state index contributed by atoms with van der Waals surface area (Å²) in [5.41, 5.74) is 0.938. The van der Waals surface area contributed by atoms with E-state index in [1.54, 1.807) is 23.5 Å². The van der Waals surface area contributed by atoms with E-state index in [1.807, 2.05) is 48.9 Å². The van der Waals surface area contributed by atoms with Gasteiger partial charge >= 0.3 is 0 Å². The summed E-state index contributed by atoms with van der Waals surface area (Å²) in [5, 5.41) is 9.85. The van der Waals surface area contributed by atoms with E-state index in [2.05, 4.69) is 0 Å². The molecule has 1 rings (SSSR count). The van der Waals surface area contributed by atoms with Crippen molar-refractivity contribution < 1.29 is 5.11 Å². The number of hydrogen-bond donors (Lipinski definition) is 1. The second kappa shape index (κ2) is 6.17. The van der Waals surface area contributed by atoms with Crippen LogP contribution in [-0.2, 0) is 0 Å². The zero-order valence-electron chi connectivity index (χ0n) is 8.31. The SMILES string of the molecule is CSC(=CC(O)c1ccccc1)SC. The molecule has 0 amide bonds. The van der Waals surface area contributed by atoms with Crippen LogP contribution in [0.2, 0.25) is 0 Å². The third kappa shape index (κ3) is 3.40. The van der Waals surface area contributed by atoms with Crippen molar-refractivity contribution in [2.45, 2.75) is 6.10 Å². The molecule has 14 heavy (non-hydrogen) atoms. The van der Waals surface area contributed by atoms with Gasteiger partial charge in [0.2, 0.25) is 0 Å². The lowest BCUT2D eigenvalue weighted by Gasteiger charge is -2.07. The fraction of sp³-hybridized carbons (Fsp3) is 0.273. The highest BCUT2D eigenvalue weighted by Crippen LogP contribution is 2.27. The minimum absolute atomic E-state index is 0.494. The van der Waals surface area contributed by atoms with Gasteiger partial charge in [0.05, 0.1) is 6.10 Å². The average molecular weight is 226 g/mol. The lowest BCUT2D eigenvalue weighted by molar-refractivity contribution is 0.229. The molecule has 0 aliphatic heterocycles. The Morgan fingerprint density at radius 1 is 1.21 bits per heavy atom. The van der Waals surface area contributed by atoms with Crippen molar-refractivity contribution in [2.24, 2.45) is 0 Å². The van der Waals surface area contributed by atoms with E-state index in [4.69, 9.17) is 0 Å². The van der Waals surface area contributed by atoms with E-state index in [-0.39, 0.29) is 0 Å². The first-order chi connectivity index (χ1) is 6.77. The Morgan fingerprint density at radius 2 is 1.79 bits per heavy atom. The van der Waals surface area contributed by atoms with E-state index >= 15 is 0 Å². The summed E-state index contributed by atoms with van der Waals surface area (Å²) in [5.74, 6) is 0. The zero-order chi connectivity index (χ0) is 10.4. The summed E-state index contributed by atoms with van der Waals surface area (Å²) in [6.07, 6.45) is 5.41. The van der Waals surface area contributed by atoms with Crippen LogP contribution < -0.4 is 0 Å². The monoisotopic (exact) mass is 226 g/mol. The normalized spacial score (nSPS) is 12.2. The highest BCUT2D eigenvalue weighted by molar-refractivity contribution is 8.21. The predicted molar refractivity (Wildman–Crippen MR) is 66.5 cm³/mol. The van der Waals surface area contributed by atoms with Gasteiger partial charge in [-0.05, 0) is 24.2 Å². The predicted octanol–water partition coefficient (Wildman–Crippen LogP) is 3.29. The molecule has 1 N–H and O–H groups in total. The van der Waals surface area contributed by atoms with Gasteiger partial charge in [-0.25, -0.2) is 0 Å². The third-order valence-corrected chi connectivity index (χ3v) is 3.91. The first-order valence-electron chi connectivity index (χ1n) is 4.30. The lowest BCUT2D eigenvalue weighted by Crippen LogP contribution is -1.92. The molecule has 1 nitrogen and oxygen atoms in total. The topological polar surface area (TPSA) is 20.2 Å². The molecule has 1 aromatic rings. The molecule has 1 aromatic carbocycles. The minimum Gasteiger partial charge on any atom is -0.384 e. The van der Waals surface area contributed by atoms with Crippen molar-refractivity contribution in [3.8, 4) is 0 Å². The van der Waals surface area contributed by atoms with E-state index in [9.17, 15) is 5.11 Å². The average Bonchev–Trinajstić information content (AvgIpc) is 2.26. The van der Waals surface area contributed by atoms with Gasteiger partial charge in [-0.1, -0.05) is 30.3 Å². The standard InChI is InChI=1S/C11H14OS2/c1-13-11(14-2)8-10(12)9-6-4-3-5-7-9/h3-8,10,12H,1-2H3. The van der Waals surface area contributed by atoms with Crippen LogP contribution >= 0.6 is 23.5 Å². The Bertz CT molecular complexity index is 289. The minimum atomic E-state index is -0.494. The van der Waals surface area contributed by atoms with Crippen LogP contribution in [0.5, 0.6) is 0 Å². The molecule has 0 fully saturated rings. The van der Waals surface area contributed by atoms with Crippen LogP contribution in [0.25, 0.3) is 0 Å². The summed E-state index contributed by atoms with van der Waals surface area (Å²) in [6.45, 7) is 0. The van der Waals surface area contributed by atoms with Gasteiger partial charge in [0, 0.05) is 4.24 Å². The maximum absolute atomic E-state index is 9.85. The van der Waals surface area contributed by atoms with E-state index < -0.39 is 6.10 Å². The number of rotatable bonds is 4. The third-order valence-electron chi connectivity index (χ3n) is 1.84. The summed E-state index contributed by atoms with van der Waals surface area (Å²) in [6, 6.07) is 9.68. The Morgan fingerprint density at radius 3 is 2.29 bits per heavy atom. The molecular formula is C11H14OS2. The summed E-state index contributed by atoms with van der Waals surface area (Å²) >= 11 is 3.31. The molecule has 1 unspecified atom stereocenters. The Kier molecular flexibility index (Phi) is 5.15. The van der Waals surface area contributed by atoms with E-state index in [0.29, 0.717) is 0 Å². The van der Waals surface area contributed by atoms with Crippen molar-refractivity contribution >= 4 is 23.5 Å². The summed E-state index contributed by atoms with van der Waals surface area (Å²) in [4.78, 5) is 0. The zero-order valence-corrected chi connectivity index (χ0v) is 9.94. The smallest absolute Gasteiger partial charge is 0.0990 e. The second-order valence-electron chi connectivity index (χ2n) is 2.75. The van der Waals surface area contributed by atoms with E-state index in [0.717, 1.165) is 9.80 Å². The van der Waals surface area contributed by atoms with Crippen molar-refractivity contribution in [2.75, 3.05) is 12.5 Å². The molecule has 0 aliphatic carbocycles. The van der Waals surface area contributed by atoms with Gasteiger partial charge in [0.15, 0.2) is 0 Å². The highest BCUT2D eigenvalue weighted by atomic mass is 32.2. The second-order valence-corrected chi connectivity index (χ2v) is 4.70. The molecule has 0 saturated carbocycles. The molecule has 0 heterocycles. The first kappa shape index (κ1) is 11.7. The molecule has 0 spiro atoms. The van der Waals surface area contributed by atoms with Crippen molar-refractivity contribution in [3.05, 3.63) is 46.2 Å². The van der Waals surface area contributed by atoms with Crippen LogP contribution in [0.15, 0.2) is 40.6 Å². The van der Waals surface area contributed by atoms with Gasteiger partial charge in [-0.2, -0.15) is 0 Å². The maximum Gasteiger partial charge on any atom is 0.0990 e. The van der Waals surface area contributed by atoms with Crippen LogP contribution in [-0.4, -0.2) is 17.6 Å². The van der Waals surface area contributed by atoms with Gasteiger partial charge < -0.3 is 5.11 Å². The molecule has 0 bridgehead atoms. The number of aliphatic hydroxyl groups excluding tert-OH is 1. The Hall–Kier alpha value is -0.380. The van der Waals surface area contributed by atoms with Crippen LogP contribution in [0.1, 0.15) is 11.7 Å². The molecule has 3 heteroatoms. The molecule has 0 radical (unpaired) electrons. The molecule has 1 atom stereocenters. The number of hydrogen-bond acceptors (Lipinski definition) is 3. The van der Waals surface area contributed by atoms with Crippen LogP contribution in [0.4, 0.5) is 0 Å². The van der Waals surface area contributed by atoms with Crippen molar-refractivity contribution in [1.29, 1.82) is 0 Å². The fourth-order valence-electron chi connectivity index (χ4n) is 1.09. The number of aliphatic hydroxyl groups is 1. The van der Waals surface area contributed by atoms with Gasteiger partial charge in [-0.15, -0.1) is 23.5 Å². The van der Waals surface area contributed by atoms with Gasteiger partial charge in [0.25, 0.3) is 0 Å². The summed E-state index contributed by atoms with van der Waals surface area (Å²) < 4.78 is 1.14. The molecular weight excluding hydrogens is 212 g/mol. The molecule has 0 aliphatic rings. The van der Waals surface area contributed by atoms with E-state index in [1.165, 1.54) is 0 Å².